The van der Waals surface area contributed by atoms with Gasteiger partial charge < -0.3 is 0 Å². The lowest BCUT2D eigenvalue weighted by atomic mass is 10.1. The molecule has 4 heteroatoms. The molecule has 2 nitrogen and oxygen atoms in total. The SMILES string of the molecule is CC(C)(C)[S@](=O)N1CCCC1c1ccccc1F. The third-order valence-electron chi connectivity index (χ3n) is 3.20. The van der Waals surface area contributed by atoms with Crippen molar-refractivity contribution in [1.82, 2.24) is 4.31 Å². The highest BCUT2D eigenvalue weighted by Crippen LogP contribution is 2.36. The van der Waals surface area contributed by atoms with E-state index < -0.39 is 11.0 Å². The summed E-state index contributed by atoms with van der Waals surface area (Å²) in [5, 5.41) is 0. The Morgan fingerprint density at radius 1 is 1.33 bits per heavy atom. The second kappa shape index (κ2) is 5.10. The quantitative estimate of drug-likeness (QED) is 0.805. The molecule has 0 amide bonds. The standard InChI is InChI=1S/C14H20FNOS/c1-14(2,3)18(17)16-10-6-9-13(16)11-7-4-5-8-12(11)15/h4-5,7-8,13H,6,9-10H2,1-3H3/t13?,18-/m0/s1. The third kappa shape index (κ3) is 2.64. The van der Waals surface area contributed by atoms with Gasteiger partial charge in [0.1, 0.15) is 16.8 Å². The first-order valence-electron chi connectivity index (χ1n) is 6.34. The van der Waals surface area contributed by atoms with Crippen molar-refractivity contribution in [3.05, 3.63) is 35.6 Å². The maximum absolute atomic E-state index is 13.8. The summed E-state index contributed by atoms with van der Waals surface area (Å²) in [4.78, 5) is 0. The Bertz CT molecular complexity index is 455. The molecule has 2 atom stereocenters. The lowest BCUT2D eigenvalue weighted by Gasteiger charge is -2.30. The molecular weight excluding hydrogens is 249 g/mol. The number of halogens is 1. The van der Waals surface area contributed by atoms with E-state index in [4.69, 9.17) is 0 Å². The highest BCUT2D eigenvalue weighted by Gasteiger charge is 2.36. The van der Waals surface area contributed by atoms with Gasteiger partial charge in [0.25, 0.3) is 0 Å². The second-order valence-electron chi connectivity index (χ2n) is 5.68. The molecule has 1 unspecified atom stereocenters. The summed E-state index contributed by atoms with van der Waals surface area (Å²) < 4.78 is 28.0. The van der Waals surface area contributed by atoms with E-state index in [2.05, 4.69) is 0 Å². The van der Waals surface area contributed by atoms with Crippen LogP contribution in [0.5, 0.6) is 0 Å². The first-order chi connectivity index (χ1) is 8.41. The highest BCUT2D eigenvalue weighted by molar-refractivity contribution is 7.84. The van der Waals surface area contributed by atoms with Crippen molar-refractivity contribution in [2.45, 2.75) is 44.4 Å². The van der Waals surface area contributed by atoms with Crippen molar-refractivity contribution in [2.75, 3.05) is 6.54 Å². The molecular formula is C14H20FNOS. The van der Waals surface area contributed by atoms with Crippen LogP contribution in [0.15, 0.2) is 24.3 Å². The average Bonchev–Trinajstić information content (AvgIpc) is 2.76. The van der Waals surface area contributed by atoms with Crippen LogP contribution in [0.2, 0.25) is 0 Å². The van der Waals surface area contributed by atoms with E-state index in [1.807, 2.05) is 31.1 Å². The maximum Gasteiger partial charge on any atom is 0.128 e. The topological polar surface area (TPSA) is 20.3 Å². The summed E-state index contributed by atoms with van der Waals surface area (Å²) in [6.45, 7) is 6.66. The molecule has 1 heterocycles. The van der Waals surface area contributed by atoms with E-state index in [9.17, 15) is 8.60 Å². The minimum Gasteiger partial charge on any atom is -0.242 e. The van der Waals surface area contributed by atoms with E-state index in [1.165, 1.54) is 6.07 Å². The van der Waals surface area contributed by atoms with Crippen LogP contribution in [-0.2, 0) is 11.0 Å². The number of nitrogens with zero attached hydrogens (tertiary/aromatic N) is 1. The van der Waals surface area contributed by atoms with E-state index in [0.29, 0.717) is 5.56 Å². The van der Waals surface area contributed by atoms with Gasteiger partial charge in [0.05, 0.1) is 10.8 Å². The first kappa shape index (κ1) is 13.7. The lowest BCUT2D eigenvalue weighted by Crippen LogP contribution is -2.37. The summed E-state index contributed by atoms with van der Waals surface area (Å²) in [5.74, 6) is -0.194. The van der Waals surface area contributed by atoms with Crippen LogP contribution in [0.1, 0.15) is 45.2 Å². The van der Waals surface area contributed by atoms with Gasteiger partial charge in [0, 0.05) is 12.1 Å². The van der Waals surface area contributed by atoms with Crippen LogP contribution in [0.3, 0.4) is 0 Å². The van der Waals surface area contributed by atoms with Gasteiger partial charge >= 0.3 is 0 Å². The van der Waals surface area contributed by atoms with E-state index >= 15 is 0 Å². The minimum absolute atomic E-state index is 0.0498. The fourth-order valence-corrected chi connectivity index (χ4v) is 3.80. The highest BCUT2D eigenvalue weighted by atomic mass is 32.2. The van der Waals surface area contributed by atoms with Crippen molar-refractivity contribution in [3.8, 4) is 0 Å². The second-order valence-corrected chi connectivity index (χ2v) is 7.87. The van der Waals surface area contributed by atoms with Crippen LogP contribution >= 0.6 is 0 Å². The Labute approximate surface area is 111 Å². The monoisotopic (exact) mass is 269 g/mol. The molecule has 1 saturated heterocycles. The van der Waals surface area contributed by atoms with Crippen LogP contribution in [0, 0.1) is 5.82 Å². The zero-order valence-electron chi connectivity index (χ0n) is 11.1. The van der Waals surface area contributed by atoms with Gasteiger partial charge in [-0.05, 0) is 39.7 Å². The minimum atomic E-state index is -1.08. The molecule has 18 heavy (non-hydrogen) atoms. The molecule has 0 saturated carbocycles. The number of benzene rings is 1. The molecule has 0 aromatic heterocycles. The largest absolute Gasteiger partial charge is 0.242 e. The molecule has 100 valence electrons. The summed E-state index contributed by atoms with van der Waals surface area (Å²) in [6.07, 6.45) is 1.85. The number of rotatable bonds is 2. The third-order valence-corrected chi connectivity index (χ3v) is 5.12. The van der Waals surface area contributed by atoms with Crippen molar-refractivity contribution < 1.29 is 8.60 Å². The molecule has 1 aliphatic heterocycles. The molecule has 0 aliphatic carbocycles. The van der Waals surface area contributed by atoms with Gasteiger partial charge in [0.2, 0.25) is 0 Å². The van der Waals surface area contributed by atoms with Gasteiger partial charge in [-0.25, -0.2) is 12.9 Å². The van der Waals surface area contributed by atoms with Crippen molar-refractivity contribution in [2.24, 2.45) is 0 Å². The van der Waals surface area contributed by atoms with Gasteiger partial charge in [0.15, 0.2) is 0 Å². The fraction of sp³-hybridized carbons (Fsp3) is 0.571. The molecule has 1 aliphatic rings. The van der Waals surface area contributed by atoms with Crippen LogP contribution in [0.4, 0.5) is 4.39 Å². The van der Waals surface area contributed by atoms with Crippen molar-refractivity contribution in [1.29, 1.82) is 0 Å². The predicted octanol–water partition coefficient (Wildman–Crippen LogP) is 3.42. The lowest BCUT2D eigenvalue weighted by molar-refractivity contribution is 0.403. The molecule has 1 aromatic carbocycles. The Kier molecular flexibility index (Phi) is 3.87. The molecule has 0 spiro atoms. The molecule has 0 bridgehead atoms. The Hall–Kier alpha value is -0.740. The average molecular weight is 269 g/mol. The zero-order valence-corrected chi connectivity index (χ0v) is 12.0. The Morgan fingerprint density at radius 2 is 2.00 bits per heavy atom. The van der Waals surface area contributed by atoms with E-state index in [1.54, 1.807) is 12.1 Å². The van der Waals surface area contributed by atoms with E-state index in [-0.39, 0.29) is 16.6 Å². The van der Waals surface area contributed by atoms with Gasteiger partial charge in [-0.15, -0.1) is 0 Å². The van der Waals surface area contributed by atoms with Gasteiger partial charge in [-0.1, -0.05) is 18.2 Å². The molecule has 0 radical (unpaired) electrons. The summed E-state index contributed by atoms with van der Waals surface area (Å²) in [7, 11) is -1.08. The predicted molar refractivity (Wildman–Crippen MR) is 73.0 cm³/mol. The number of hydrogen-bond acceptors (Lipinski definition) is 1. The van der Waals surface area contributed by atoms with Crippen molar-refractivity contribution >= 4 is 11.0 Å². The smallest absolute Gasteiger partial charge is 0.128 e. The first-order valence-corrected chi connectivity index (χ1v) is 7.45. The fourth-order valence-electron chi connectivity index (χ4n) is 2.35. The summed E-state index contributed by atoms with van der Waals surface area (Å²) in [6, 6.07) is 6.77. The zero-order chi connectivity index (χ0) is 13.3. The van der Waals surface area contributed by atoms with Crippen LogP contribution in [-0.4, -0.2) is 19.8 Å². The molecule has 0 N–H and O–H groups in total. The number of hydrogen-bond donors (Lipinski definition) is 0. The van der Waals surface area contributed by atoms with E-state index in [0.717, 1.165) is 19.4 Å². The molecule has 1 aromatic rings. The molecule has 2 rings (SSSR count). The van der Waals surface area contributed by atoms with Crippen LogP contribution in [0.25, 0.3) is 0 Å². The Morgan fingerprint density at radius 3 is 2.61 bits per heavy atom. The normalized spacial score (nSPS) is 23.2. The van der Waals surface area contributed by atoms with Gasteiger partial charge in [-0.3, -0.25) is 0 Å². The van der Waals surface area contributed by atoms with Gasteiger partial charge in [-0.2, -0.15) is 0 Å². The summed E-state index contributed by atoms with van der Waals surface area (Å²) >= 11 is 0. The molecule has 1 fully saturated rings. The van der Waals surface area contributed by atoms with Crippen LogP contribution < -0.4 is 0 Å². The van der Waals surface area contributed by atoms with Crippen molar-refractivity contribution in [3.63, 3.8) is 0 Å². The summed E-state index contributed by atoms with van der Waals surface area (Å²) in [5.41, 5.74) is 0.674. The maximum atomic E-state index is 13.8. The Balaban J connectivity index is 2.29.